The normalized spacial score (nSPS) is 12.7. The molecule has 0 aliphatic carbocycles. The molecule has 7 nitrogen and oxygen atoms in total. The van der Waals surface area contributed by atoms with Crippen LogP contribution in [0.5, 0.6) is 5.75 Å². The fraction of sp³-hybridized carbons (Fsp3) is 0.333. The molecule has 0 saturated carbocycles. The van der Waals surface area contributed by atoms with Crippen molar-refractivity contribution in [2.75, 3.05) is 17.2 Å². The molecule has 1 atom stereocenters. The Morgan fingerprint density at radius 3 is 2.52 bits per heavy atom. The van der Waals surface area contributed by atoms with Crippen LogP contribution in [-0.2, 0) is 14.8 Å². The van der Waals surface area contributed by atoms with Crippen LogP contribution in [0.15, 0.2) is 40.8 Å². The number of thiophene rings is 1. The van der Waals surface area contributed by atoms with E-state index in [0.29, 0.717) is 18.0 Å². The zero-order valence-electron chi connectivity index (χ0n) is 15.7. The monoisotopic (exact) mass is 409 g/mol. The summed E-state index contributed by atoms with van der Waals surface area (Å²) in [6, 6.07) is 7.52. The number of ether oxygens (including phenoxy) is 1. The number of rotatable bonds is 8. The summed E-state index contributed by atoms with van der Waals surface area (Å²) in [5, 5.41) is 5.87. The van der Waals surface area contributed by atoms with E-state index in [2.05, 4.69) is 10.5 Å². The number of hydrogen-bond donors (Lipinski definition) is 1. The minimum absolute atomic E-state index is 0.377. The molecular weight excluding hydrogens is 386 g/mol. The van der Waals surface area contributed by atoms with E-state index in [1.54, 1.807) is 30.5 Å². The fourth-order valence-electron chi connectivity index (χ4n) is 2.43. The molecular formula is C18H23N3O4S2. The highest BCUT2D eigenvalue weighted by Gasteiger charge is 2.29. The minimum Gasteiger partial charge on any atom is -0.494 e. The SMILES string of the molecule is CCOc1ccc(N(C(C)C(=O)N/N=C/c2sccc2C)S(C)(=O)=O)cc1. The van der Waals surface area contributed by atoms with Crippen LogP contribution in [0, 0.1) is 6.92 Å². The minimum atomic E-state index is -3.68. The van der Waals surface area contributed by atoms with Gasteiger partial charge in [-0.1, -0.05) is 0 Å². The van der Waals surface area contributed by atoms with Crippen molar-refractivity contribution in [3.05, 3.63) is 46.2 Å². The second kappa shape index (κ2) is 9.01. The summed E-state index contributed by atoms with van der Waals surface area (Å²) >= 11 is 1.50. The molecule has 1 aromatic carbocycles. The first-order chi connectivity index (χ1) is 12.7. The van der Waals surface area contributed by atoms with Gasteiger partial charge < -0.3 is 4.74 Å². The summed E-state index contributed by atoms with van der Waals surface area (Å²) in [5.41, 5.74) is 3.84. The summed E-state index contributed by atoms with van der Waals surface area (Å²) in [6.45, 7) is 5.83. The Hall–Kier alpha value is -2.39. The number of amides is 1. The Kier molecular flexibility index (Phi) is 6.98. The van der Waals surface area contributed by atoms with Gasteiger partial charge in [-0.15, -0.1) is 11.3 Å². The molecule has 1 heterocycles. The summed E-state index contributed by atoms with van der Waals surface area (Å²) in [5.74, 6) is 0.0995. The van der Waals surface area contributed by atoms with Crippen molar-refractivity contribution in [2.45, 2.75) is 26.8 Å². The molecule has 146 valence electrons. The number of hydrazone groups is 1. The van der Waals surface area contributed by atoms with Crippen molar-refractivity contribution in [2.24, 2.45) is 5.10 Å². The average Bonchev–Trinajstić information content (AvgIpc) is 3.00. The van der Waals surface area contributed by atoms with E-state index >= 15 is 0 Å². The largest absolute Gasteiger partial charge is 0.494 e. The number of hydrogen-bond acceptors (Lipinski definition) is 6. The van der Waals surface area contributed by atoms with Crippen LogP contribution < -0.4 is 14.5 Å². The Bertz CT molecular complexity index is 905. The Balaban J connectivity index is 2.16. The van der Waals surface area contributed by atoms with E-state index in [-0.39, 0.29) is 0 Å². The van der Waals surface area contributed by atoms with Crippen LogP contribution in [-0.4, -0.2) is 39.4 Å². The van der Waals surface area contributed by atoms with Gasteiger partial charge in [-0.05, 0) is 62.0 Å². The molecule has 27 heavy (non-hydrogen) atoms. The zero-order chi connectivity index (χ0) is 20.0. The summed E-state index contributed by atoms with van der Waals surface area (Å²) in [4.78, 5) is 13.4. The molecule has 1 unspecified atom stereocenters. The molecule has 0 aliphatic rings. The maximum Gasteiger partial charge on any atom is 0.263 e. The quantitative estimate of drug-likeness (QED) is 0.536. The smallest absolute Gasteiger partial charge is 0.263 e. The van der Waals surface area contributed by atoms with Gasteiger partial charge in [0, 0.05) is 4.88 Å². The van der Waals surface area contributed by atoms with E-state index in [4.69, 9.17) is 4.74 Å². The lowest BCUT2D eigenvalue weighted by Gasteiger charge is -2.27. The summed E-state index contributed by atoms with van der Waals surface area (Å²) in [6.07, 6.45) is 2.61. The number of carbonyl (C=O) groups excluding carboxylic acids is 1. The number of benzene rings is 1. The topological polar surface area (TPSA) is 88.1 Å². The maximum atomic E-state index is 12.4. The van der Waals surface area contributed by atoms with Crippen LogP contribution in [0.3, 0.4) is 0 Å². The van der Waals surface area contributed by atoms with Crippen molar-refractivity contribution in [1.82, 2.24) is 5.43 Å². The standard InChI is InChI=1S/C18H23N3O4S2/c1-5-25-16-8-6-15(7-9-16)21(27(4,23)24)14(3)18(22)20-19-12-17-13(2)10-11-26-17/h6-12,14H,5H2,1-4H3,(H,20,22)/b19-12+. The molecule has 2 rings (SSSR count). The van der Waals surface area contributed by atoms with E-state index in [0.717, 1.165) is 21.0 Å². The highest BCUT2D eigenvalue weighted by molar-refractivity contribution is 7.92. The third-order valence-electron chi connectivity index (χ3n) is 3.75. The van der Waals surface area contributed by atoms with Gasteiger partial charge in [-0.2, -0.15) is 5.10 Å². The number of nitrogens with zero attached hydrogens (tertiary/aromatic N) is 2. The summed E-state index contributed by atoms with van der Waals surface area (Å²) < 4.78 is 31.0. The molecule has 0 saturated heterocycles. The van der Waals surface area contributed by atoms with Crippen LogP contribution in [0.1, 0.15) is 24.3 Å². The Morgan fingerprint density at radius 1 is 1.33 bits per heavy atom. The van der Waals surface area contributed by atoms with Crippen LogP contribution in [0.2, 0.25) is 0 Å². The van der Waals surface area contributed by atoms with E-state index < -0.39 is 22.0 Å². The number of nitrogens with one attached hydrogen (secondary N) is 1. The first-order valence-corrected chi connectivity index (χ1v) is 11.1. The lowest BCUT2D eigenvalue weighted by molar-refractivity contribution is -0.121. The van der Waals surface area contributed by atoms with Gasteiger partial charge in [0.1, 0.15) is 11.8 Å². The van der Waals surface area contributed by atoms with Gasteiger partial charge in [-0.3, -0.25) is 9.10 Å². The number of anilines is 1. The van der Waals surface area contributed by atoms with Crippen LogP contribution >= 0.6 is 11.3 Å². The van der Waals surface area contributed by atoms with E-state index in [1.807, 2.05) is 25.3 Å². The molecule has 1 amide bonds. The van der Waals surface area contributed by atoms with Crippen molar-refractivity contribution in [3.8, 4) is 5.75 Å². The van der Waals surface area contributed by atoms with Gasteiger partial charge in [0.05, 0.1) is 24.8 Å². The highest BCUT2D eigenvalue weighted by atomic mass is 32.2. The Morgan fingerprint density at radius 2 is 2.00 bits per heavy atom. The Labute approximate surface area is 163 Å². The fourth-order valence-corrected chi connectivity index (χ4v) is 4.39. The molecule has 1 aromatic heterocycles. The zero-order valence-corrected chi connectivity index (χ0v) is 17.3. The highest BCUT2D eigenvalue weighted by Crippen LogP contribution is 2.24. The van der Waals surface area contributed by atoms with Gasteiger partial charge >= 0.3 is 0 Å². The van der Waals surface area contributed by atoms with Gasteiger partial charge in [0.2, 0.25) is 10.0 Å². The van der Waals surface area contributed by atoms with Gasteiger partial charge in [0.25, 0.3) is 5.91 Å². The molecule has 1 N–H and O–H groups in total. The molecule has 0 fully saturated rings. The van der Waals surface area contributed by atoms with Crippen molar-refractivity contribution in [3.63, 3.8) is 0 Å². The molecule has 9 heteroatoms. The number of aryl methyl sites for hydroxylation is 1. The average molecular weight is 410 g/mol. The van der Waals surface area contributed by atoms with Gasteiger partial charge in [-0.25, -0.2) is 13.8 Å². The molecule has 0 bridgehead atoms. The predicted molar refractivity (Wildman–Crippen MR) is 109 cm³/mol. The van der Waals surface area contributed by atoms with Crippen molar-refractivity contribution >= 4 is 39.2 Å². The number of carbonyl (C=O) groups is 1. The first-order valence-electron chi connectivity index (χ1n) is 8.33. The molecule has 0 spiro atoms. The lowest BCUT2D eigenvalue weighted by Crippen LogP contribution is -2.46. The van der Waals surface area contributed by atoms with Crippen molar-refractivity contribution in [1.29, 1.82) is 0 Å². The second-order valence-corrected chi connectivity index (χ2v) is 8.67. The molecule has 0 radical (unpaired) electrons. The third-order valence-corrected chi connectivity index (χ3v) is 5.94. The lowest BCUT2D eigenvalue weighted by atomic mass is 10.2. The third kappa shape index (κ3) is 5.54. The van der Waals surface area contributed by atoms with Gasteiger partial charge in [0.15, 0.2) is 0 Å². The van der Waals surface area contributed by atoms with E-state index in [9.17, 15) is 13.2 Å². The van der Waals surface area contributed by atoms with Crippen molar-refractivity contribution < 1.29 is 17.9 Å². The predicted octanol–water partition coefficient (Wildman–Crippen LogP) is 2.76. The second-order valence-electron chi connectivity index (χ2n) is 5.86. The summed E-state index contributed by atoms with van der Waals surface area (Å²) in [7, 11) is -3.68. The number of sulfonamides is 1. The van der Waals surface area contributed by atoms with Crippen LogP contribution in [0.4, 0.5) is 5.69 Å². The van der Waals surface area contributed by atoms with E-state index in [1.165, 1.54) is 18.3 Å². The van der Waals surface area contributed by atoms with Crippen LogP contribution in [0.25, 0.3) is 0 Å². The first kappa shape index (κ1) is 20.9. The molecule has 0 aliphatic heterocycles. The molecule has 2 aromatic rings. The maximum absolute atomic E-state index is 12.4.